The molecule has 21 heavy (non-hydrogen) atoms. The Hall–Kier alpha value is -1.31. The number of nitrogen functional groups attached to an aromatic ring is 1. The number of pyridine rings is 1. The zero-order valence-electron chi connectivity index (χ0n) is 11.0. The van der Waals surface area contributed by atoms with Crippen LogP contribution in [0.15, 0.2) is 34.2 Å². The number of nitrogens with zero attached hydrogens (tertiary/aromatic N) is 3. The van der Waals surface area contributed by atoms with Crippen LogP contribution in [-0.2, 0) is 0 Å². The Morgan fingerprint density at radius 3 is 2.95 bits per heavy atom. The van der Waals surface area contributed by atoms with Crippen molar-refractivity contribution in [3.05, 3.63) is 39.8 Å². The topological polar surface area (TPSA) is 80.5 Å². The highest BCUT2D eigenvalue weighted by atomic mass is 79.9. The van der Waals surface area contributed by atoms with E-state index in [0.717, 1.165) is 21.1 Å². The van der Waals surface area contributed by atoms with Crippen molar-refractivity contribution in [2.45, 2.75) is 17.3 Å². The summed E-state index contributed by atoms with van der Waals surface area (Å²) in [6, 6.07) is 3.57. The van der Waals surface area contributed by atoms with E-state index in [-0.39, 0.29) is 5.25 Å². The van der Waals surface area contributed by atoms with E-state index < -0.39 is 0 Å². The molecule has 0 radical (unpaired) electrons. The van der Waals surface area contributed by atoms with Crippen LogP contribution in [0, 0.1) is 0 Å². The zero-order valence-corrected chi connectivity index (χ0v) is 14.1. The summed E-state index contributed by atoms with van der Waals surface area (Å²) in [4.78, 5) is 15.9. The third-order valence-corrected chi connectivity index (χ3v) is 4.77. The number of fused-ring (bicyclic) bond motifs is 1. The van der Waals surface area contributed by atoms with Crippen LogP contribution in [0.2, 0.25) is 5.15 Å². The molecule has 1 unspecified atom stereocenters. The molecule has 3 aromatic heterocycles. The van der Waals surface area contributed by atoms with Gasteiger partial charge >= 0.3 is 0 Å². The zero-order chi connectivity index (χ0) is 15.0. The van der Waals surface area contributed by atoms with Gasteiger partial charge in [0, 0.05) is 22.1 Å². The number of anilines is 1. The second-order valence-electron chi connectivity index (χ2n) is 4.45. The molecule has 0 aromatic carbocycles. The predicted octanol–water partition coefficient (Wildman–Crippen LogP) is 4.20. The van der Waals surface area contributed by atoms with Gasteiger partial charge in [0.05, 0.1) is 22.7 Å². The summed E-state index contributed by atoms with van der Waals surface area (Å²) in [5, 5.41) is 2.06. The Morgan fingerprint density at radius 2 is 2.19 bits per heavy atom. The Bertz CT molecular complexity index is 786. The van der Waals surface area contributed by atoms with Crippen LogP contribution >= 0.6 is 39.3 Å². The molecule has 8 heteroatoms. The first-order chi connectivity index (χ1) is 10.0. The van der Waals surface area contributed by atoms with Crippen molar-refractivity contribution in [3.8, 4) is 0 Å². The van der Waals surface area contributed by atoms with Crippen molar-refractivity contribution in [2.75, 3.05) is 5.73 Å². The number of halogens is 2. The summed E-state index contributed by atoms with van der Waals surface area (Å²) < 4.78 is 1.02. The molecular weight excluding hydrogens is 374 g/mol. The van der Waals surface area contributed by atoms with E-state index in [1.807, 2.05) is 25.4 Å². The molecule has 0 saturated carbocycles. The summed E-state index contributed by atoms with van der Waals surface area (Å²) in [5.74, 6) is 0.362. The van der Waals surface area contributed by atoms with Crippen molar-refractivity contribution in [1.82, 2.24) is 19.9 Å². The average Bonchev–Trinajstić information content (AvgIpc) is 2.79. The van der Waals surface area contributed by atoms with Gasteiger partial charge in [0.2, 0.25) is 0 Å². The van der Waals surface area contributed by atoms with Gasteiger partial charge in [-0.15, -0.1) is 0 Å². The molecule has 0 aliphatic rings. The Balaban J connectivity index is 1.89. The maximum absolute atomic E-state index is 5.89. The van der Waals surface area contributed by atoms with Crippen LogP contribution in [0.4, 0.5) is 5.82 Å². The fourth-order valence-electron chi connectivity index (χ4n) is 1.91. The number of aromatic nitrogens is 4. The lowest BCUT2D eigenvalue weighted by molar-refractivity contribution is 0.947. The Morgan fingerprint density at radius 1 is 1.38 bits per heavy atom. The monoisotopic (exact) mass is 383 g/mol. The molecule has 0 aliphatic heterocycles. The minimum Gasteiger partial charge on any atom is -0.384 e. The molecule has 3 rings (SSSR count). The lowest BCUT2D eigenvalue weighted by Gasteiger charge is -2.10. The minimum absolute atomic E-state index is 0.0778. The maximum atomic E-state index is 5.89. The first-order valence-corrected chi connectivity index (χ1v) is 8.17. The van der Waals surface area contributed by atoms with Crippen molar-refractivity contribution in [1.29, 1.82) is 0 Å². The van der Waals surface area contributed by atoms with Crippen LogP contribution in [0.3, 0.4) is 0 Å². The number of hydrogen-bond donors (Lipinski definition) is 2. The maximum Gasteiger partial charge on any atom is 0.191 e. The van der Waals surface area contributed by atoms with Gasteiger partial charge in [-0.2, -0.15) is 0 Å². The van der Waals surface area contributed by atoms with Gasteiger partial charge in [0.15, 0.2) is 5.16 Å². The van der Waals surface area contributed by atoms with Gasteiger partial charge in [-0.05, 0) is 28.9 Å². The Labute approximate surface area is 138 Å². The Kier molecular flexibility index (Phi) is 4.05. The lowest BCUT2D eigenvalue weighted by atomic mass is 10.2. The number of aromatic amines is 1. The molecule has 1 atom stereocenters. The molecule has 0 spiro atoms. The molecule has 3 N–H and O–H groups in total. The second-order valence-corrected chi connectivity index (χ2v) is 7.00. The molecule has 0 aliphatic carbocycles. The molecule has 0 fully saturated rings. The van der Waals surface area contributed by atoms with E-state index >= 15 is 0 Å². The standard InChI is InChI=1S/C13H11BrClN5S/c1-6(21-13-19-11(15)3-12(16)20-13)9-2-7-8(14)4-17-10(7)5-18-9/h2-6,17H,1H3,(H2,16,19,20). The molecule has 108 valence electrons. The van der Waals surface area contributed by atoms with Crippen LogP contribution in [0.5, 0.6) is 0 Å². The first-order valence-electron chi connectivity index (χ1n) is 6.12. The molecule has 3 aromatic rings. The molecule has 5 nitrogen and oxygen atoms in total. The average molecular weight is 385 g/mol. The summed E-state index contributed by atoms with van der Waals surface area (Å²) in [6.07, 6.45) is 3.72. The van der Waals surface area contributed by atoms with E-state index in [2.05, 4.69) is 35.9 Å². The van der Waals surface area contributed by atoms with Crippen molar-refractivity contribution >= 4 is 56.0 Å². The van der Waals surface area contributed by atoms with E-state index in [4.69, 9.17) is 17.3 Å². The number of nitrogens with two attached hydrogens (primary N) is 1. The van der Waals surface area contributed by atoms with Gasteiger partial charge in [-0.3, -0.25) is 4.98 Å². The molecule has 0 bridgehead atoms. The van der Waals surface area contributed by atoms with Crippen LogP contribution in [-0.4, -0.2) is 19.9 Å². The largest absolute Gasteiger partial charge is 0.384 e. The van der Waals surface area contributed by atoms with Crippen LogP contribution in [0.25, 0.3) is 10.9 Å². The fourth-order valence-corrected chi connectivity index (χ4v) is 3.47. The highest BCUT2D eigenvalue weighted by Gasteiger charge is 2.14. The predicted molar refractivity (Wildman–Crippen MR) is 89.5 cm³/mol. The summed E-state index contributed by atoms with van der Waals surface area (Å²) in [7, 11) is 0. The van der Waals surface area contributed by atoms with Crippen molar-refractivity contribution in [2.24, 2.45) is 0 Å². The highest BCUT2D eigenvalue weighted by molar-refractivity contribution is 9.10. The van der Waals surface area contributed by atoms with E-state index in [1.54, 1.807) is 0 Å². The second kappa shape index (κ2) is 5.82. The SMILES string of the molecule is CC(Sc1nc(N)cc(Cl)n1)c1cc2c(Br)c[nH]c2cn1. The smallest absolute Gasteiger partial charge is 0.191 e. The summed E-state index contributed by atoms with van der Waals surface area (Å²) >= 11 is 10.9. The molecule has 0 amide bonds. The van der Waals surface area contributed by atoms with Gasteiger partial charge in [0.1, 0.15) is 11.0 Å². The van der Waals surface area contributed by atoms with Crippen molar-refractivity contribution < 1.29 is 0 Å². The highest BCUT2D eigenvalue weighted by Crippen LogP contribution is 2.34. The van der Waals surface area contributed by atoms with E-state index in [1.165, 1.54) is 17.8 Å². The fraction of sp³-hybridized carbons (Fsp3) is 0.154. The number of rotatable bonds is 3. The molecule has 0 saturated heterocycles. The quantitative estimate of drug-likeness (QED) is 0.402. The van der Waals surface area contributed by atoms with Gasteiger partial charge in [-0.1, -0.05) is 23.4 Å². The van der Waals surface area contributed by atoms with Gasteiger partial charge < -0.3 is 10.7 Å². The number of nitrogens with one attached hydrogen (secondary N) is 1. The van der Waals surface area contributed by atoms with E-state index in [0.29, 0.717) is 16.1 Å². The van der Waals surface area contributed by atoms with E-state index in [9.17, 15) is 0 Å². The minimum atomic E-state index is 0.0778. The summed E-state index contributed by atoms with van der Waals surface area (Å²) in [5.41, 5.74) is 7.61. The summed E-state index contributed by atoms with van der Waals surface area (Å²) in [6.45, 7) is 2.04. The molecule has 3 heterocycles. The lowest BCUT2D eigenvalue weighted by Crippen LogP contribution is -1.98. The number of H-pyrrole nitrogens is 1. The normalized spacial score (nSPS) is 12.7. The van der Waals surface area contributed by atoms with Gasteiger partial charge in [0.25, 0.3) is 0 Å². The van der Waals surface area contributed by atoms with Gasteiger partial charge in [-0.25, -0.2) is 9.97 Å². The van der Waals surface area contributed by atoms with Crippen LogP contribution in [0.1, 0.15) is 17.9 Å². The molecular formula is C13H11BrClN5S. The van der Waals surface area contributed by atoms with Crippen LogP contribution < -0.4 is 5.73 Å². The first kappa shape index (κ1) is 14.6. The number of hydrogen-bond acceptors (Lipinski definition) is 5. The number of thioether (sulfide) groups is 1. The van der Waals surface area contributed by atoms with Crippen molar-refractivity contribution in [3.63, 3.8) is 0 Å². The third-order valence-electron chi connectivity index (χ3n) is 2.93. The third kappa shape index (κ3) is 3.14.